The van der Waals surface area contributed by atoms with Gasteiger partial charge in [-0.1, -0.05) is 35.3 Å². The first kappa shape index (κ1) is 46.4. The maximum absolute atomic E-state index is 13.1. The topological polar surface area (TPSA) is 152 Å². The molecule has 0 saturated heterocycles. The van der Waals surface area contributed by atoms with Crippen LogP contribution in [0, 0.1) is 0 Å². The van der Waals surface area contributed by atoms with Crippen molar-refractivity contribution >= 4 is 39.1 Å². The molecular weight excluding hydrogens is 765 g/mol. The van der Waals surface area contributed by atoms with Gasteiger partial charge in [0.1, 0.15) is 0 Å². The van der Waals surface area contributed by atoms with Gasteiger partial charge in [-0.25, -0.2) is 13.1 Å². The highest BCUT2D eigenvalue weighted by atomic mass is 35.5. The number of hydrogen-bond acceptors (Lipinski definition) is 12. The van der Waals surface area contributed by atoms with E-state index < -0.39 is 10.0 Å². The maximum Gasteiger partial charge on any atom is 0.240 e. The first-order chi connectivity index (χ1) is 26.2. The molecule has 0 spiro atoms. The lowest BCUT2D eigenvalue weighted by Crippen LogP contribution is -2.31. The molecule has 54 heavy (non-hydrogen) atoms. The smallest absolute Gasteiger partial charge is 0.240 e. The minimum Gasteiger partial charge on any atom is -0.379 e. The van der Waals surface area contributed by atoms with Crippen molar-refractivity contribution in [2.75, 3.05) is 132 Å². The van der Waals surface area contributed by atoms with Gasteiger partial charge in [0.25, 0.3) is 0 Å². The van der Waals surface area contributed by atoms with Gasteiger partial charge in [-0.05, 0) is 54.9 Å². The second-order valence-electron chi connectivity index (χ2n) is 12.3. The predicted octanol–water partition coefficient (Wildman–Crippen LogP) is 3.51. The van der Waals surface area contributed by atoms with Crippen molar-refractivity contribution in [3.05, 3.63) is 63.1 Å². The number of benzene rings is 2. The molecule has 1 amide bonds. The highest BCUT2D eigenvalue weighted by Crippen LogP contribution is 2.38. The van der Waals surface area contributed by atoms with Crippen LogP contribution >= 0.6 is 23.2 Å². The summed E-state index contributed by atoms with van der Waals surface area (Å²) in [6.45, 7) is 10.8. The van der Waals surface area contributed by atoms with Crippen LogP contribution in [0.1, 0.15) is 36.0 Å². The van der Waals surface area contributed by atoms with Gasteiger partial charge in [0.05, 0.1) is 104 Å². The Labute approximate surface area is 330 Å². The van der Waals surface area contributed by atoms with E-state index in [1.807, 2.05) is 26.1 Å². The van der Waals surface area contributed by atoms with Crippen molar-refractivity contribution in [1.82, 2.24) is 14.9 Å². The summed E-state index contributed by atoms with van der Waals surface area (Å²) in [4.78, 5) is 14.3. The molecule has 306 valence electrons. The van der Waals surface area contributed by atoms with E-state index in [2.05, 4.69) is 14.9 Å². The van der Waals surface area contributed by atoms with Crippen molar-refractivity contribution in [1.29, 1.82) is 0 Å². The lowest BCUT2D eigenvalue weighted by atomic mass is 9.85. The highest BCUT2D eigenvalue weighted by Gasteiger charge is 2.28. The van der Waals surface area contributed by atoms with Gasteiger partial charge >= 0.3 is 0 Å². The first-order valence-corrected chi connectivity index (χ1v) is 20.6. The molecule has 17 heteroatoms. The Bertz CT molecular complexity index is 1460. The number of likely N-dealkylation sites (N-methyl/N-ethyl adjacent to an activating group) is 1. The molecule has 2 N–H and O–H groups in total. The number of rotatable bonds is 31. The molecule has 1 unspecified atom stereocenters. The van der Waals surface area contributed by atoms with E-state index in [0.29, 0.717) is 129 Å². The molecule has 1 atom stereocenters. The minimum absolute atomic E-state index is 0.0710. The standard InChI is InChI=1S/C37H57Cl2N3O11S/c1-3-46-13-14-50-21-22-53-24-23-51-18-15-47-10-7-37(43)40-8-11-48-16-19-52-20-17-49-12-9-41-54(44,45)32-6-4-5-30(25-32)34-28-42(2)29-35-33(34)26-31(38)27-36(35)39/h4-6,25-27,34,41H,3,7-24,28-29H2,1-2H3,(H,40,43). The van der Waals surface area contributed by atoms with Crippen molar-refractivity contribution in [2.24, 2.45) is 0 Å². The van der Waals surface area contributed by atoms with Gasteiger partial charge in [-0.3, -0.25) is 4.79 Å². The summed E-state index contributed by atoms with van der Waals surface area (Å²) >= 11 is 12.8. The van der Waals surface area contributed by atoms with E-state index in [1.54, 1.807) is 24.3 Å². The number of fused-ring (bicyclic) bond motifs is 1. The lowest BCUT2D eigenvalue weighted by molar-refractivity contribution is -0.122. The molecule has 3 rings (SSSR count). The van der Waals surface area contributed by atoms with E-state index >= 15 is 0 Å². The number of amides is 1. The number of sulfonamides is 1. The molecule has 1 aliphatic heterocycles. The Balaban J connectivity index is 1.12. The van der Waals surface area contributed by atoms with E-state index in [4.69, 9.17) is 61.1 Å². The third-order valence-electron chi connectivity index (χ3n) is 8.08. The summed E-state index contributed by atoms with van der Waals surface area (Å²) in [6, 6.07) is 10.6. The molecule has 14 nitrogen and oxygen atoms in total. The molecule has 2 aromatic rings. The Hall–Kier alpha value is -1.96. The largest absolute Gasteiger partial charge is 0.379 e. The van der Waals surface area contributed by atoms with Crippen LogP contribution in [0.25, 0.3) is 0 Å². The van der Waals surface area contributed by atoms with Crippen LogP contribution in [-0.2, 0) is 59.3 Å². The van der Waals surface area contributed by atoms with Crippen LogP contribution in [-0.4, -0.2) is 152 Å². The number of carbonyl (C=O) groups is 1. The summed E-state index contributed by atoms with van der Waals surface area (Å²) in [6.07, 6.45) is 0.254. The Morgan fingerprint density at radius 1 is 0.741 bits per heavy atom. The molecule has 1 heterocycles. The van der Waals surface area contributed by atoms with Gasteiger partial charge in [0.15, 0.2) is 0 Å². The first-order valence-electron chi connectivity index (χ1n) is 18.4. The average molecular weight is 823 g/mol. The van der Waals surface area contributed by atoms with Crippen molar-refractivity contribution in [3.63, 3.8) is 0 Å². The second-order valence-corrected chi connectivity index (χ2v) is 14.9. The Morgan fingerprint density at radius 3 is 1.87 bits per heavy atom. The molecule has 0 aromatic heterocycles. The van der Waals surface area contributed by atoms with Crippen molar-refractivity contribution < 1.29 is 51.1 Å². The predicted molar refractivity (Wildman–Crippen MR) is 206 cm³/mol. The van der Waals surface area contributed by atoms with Crippen LogP contribution in [0.4, 0.5) is 0 Å². The fourth-order valence-electron chi connectivity index (χ4n) is 5.44. The van der Waals surface area contributed by atoms with E-state index in [0.717, 1.165) is 16.7 Å². The molecule has 0 saturated carbocycles. The van der Waals surface area contributed by atoms with Crippen LogP contribution in [0.2, 0.25) is 10.0 Å². The molecule has 0 radical (unpaired) electrons. The van der Waals surface area contributed by atoms with Gasteiger partial charge < -0.3 is 48.1 Å². The number of hydrogen-bond donors (Lipinski definition) is 2. The molecule has 0 bridgehead atoms. The third kappa shape index (κ3) is 18.8. The second kappa shape index (κ2) is 27.6. The summed E-state index contributed by atoms with van der Waals surface area (Å²) in [5, 5.41) is 3.95. The monoisotopic (exact) mass is 821 g/mol. The van der Waals surface area contributed by atoms with E-state index in [-0.39, 0.29) is 36.3 Å². The number of nitrogens with zero attached hydrogens (tertiary/aromatic N) is 1. The van der Waals surface area contributed by atoms with Crippen LogP contribution < -0.4 is 10.0 Å². The highest BCUT2D eigenvalue weighted by molar-refractivity contribution is 7.89. The van der Waals surface area contributed by atoms with Crippen molar-refractivity contribution in [2.45, 2.75) is 30.7 Å². The summed E-state index contributed by atoms with van der Waals surface area (Å²) < 4.78 is 72.0. The summed E-state index contributed by atoms with van der Waals surface area (Å²) in [5.74, 6) is -0.186. The number of halogens is 2. The minimum atomic E-state index is -3.75. The van der Waals surface area contributed by atoms with Crippen LogP contribution in [0.15, 0.2) is 41.3 Å². The third-order valence-corrected chi connectivity index (χ3v) is 10.1. The molecule has 1 aliphatic rings. The quantitative estimate of drug-likeness (QED) is 0.107. The Morgan fingerprint density at radius 2 is 1.28 bits per heavy atom. The number of ether oxygens (including phenoxy) is 8. The number of nitrogens with one attached hydrogen (secondary N) is 2. The molecular formula is C37H57Cl2N3O11S. The molecule has 2 aromatic carbocycles. The summed E-state index contributed by atoms with van der Waals surface area (Å²) in [7, 11) is -1.74. The van der Waals surface area contributed by atoms with Crippen LogP contribution in [0.5, 0.6) is 0 Å². The Kier molecular flexibility index (Phi) is 23.7. The van der Waals surface area contributed by atoms with Gasteiger partial charge in [0.2, 0.25) is 15.9 Å². The number of carbonyl (C=O) groups excluding carboxylic acids is 1. The van der Waals surface area contributed by atoms with Crippen molar-refractivity contribution in [3.8, 4) is 0 Å². The van der Waals surface area contributed by atoms with Gasteiger partial charge in [-0.15, -0.1) is 0 Å². The molecule has 0 fully saturated rings. The zero-order valence-electron chi connectivity index (χ0n) is 31.5. The van der Waals surface area contributed by atoms with Crippen LogP contribution in [0.3, 0.4) is 0 Å². The van der Waals surface area contributed by atoms with E-state index in [9.17, 15) is 13.2 Å². The fourth-order valence-corrected chi connectivity index (χ4v) is 7.08. The van der Waals surface area contributed by atoms with Gasteiger partial charge in [0, 0.05) is 55.2 Å². The maximum atomic E-state index is 13.1. The van der Waals surface area contributed by atoms with Gasteiger partial charge in [-0.2, -0.15) is 0 Å². The van der Waals surface area contributed by atoms with E-state index in [1.165, 1.54) is 0 Å². The normalized spacial score (nSPS) is 14.7. The lowest BCUT2D eigenvalue weighted by Gasteiger charge is -2.33. The summed E-state index contributed by atoms with van der Waals surface area (Å²) in [5.41, 5.74) is 2.89. The zero-order valence-corrected chi connectivity index (χ0v) is 33.8. The fraction of sp³-hybridized carbons (Fsp3) is 0.649. The molecule has 0 aliphatic carbocycles. The SMILES string of the molecule is CCOCCOCCOCCOCCOCCC(=O)NCCOCCOCCOCCNS(=O)(=O)c1cccc(C2CN(C)Cc3c(Cl)cc(Cl)cc32)c1. The average Bonchev–Trinajstić information content (AvgIpc) is 3.15. The zero-order chi connectivity index (χ0) is 38.9.